The summed E-state index contributed by atoms with van der Waals surface area (Å²) in [6, 6.07) is 19.2. The van der Waals surface area contributed by atoms with Crippen molar-refractivity contribution in [1.82, 2.24) is 0 Å². The SMILES string of the molecule is C[Si](C)(C)CC1c2ccccc2-c2ccccc21. The summed E-state index contributed by atoms with van der Waals surface area (Å²) in [5.41, 5.74) is 6.00. The van der Waals surface area contributed by atoms with Crippen molar-refractivity contribution in [2.75, 3.05) is 0 Å². The van der Waals surface area contributed by atoms with E-state index in [1.54, 1.807) is 11.1 Å². The Morgan fingerprint density at radius 2 is 1.22 bits per heavy atom. The van der Waals surface area contributed by atoms with Gasteiger partial charge in [-0.1, -0.05) is 68.2 Å². The molecule has 0 amide bonds. The van der Waals surface area contributed by atoms with E-state index in [1.807, 2.05) is 0 Å². The van der Waals surface area contributed by atoms with E-state index in [0.717, 1.165) is 0 Å². The lowest BCUT2D eigenvalue weighted by molar-refractivity contribution is 0.928. The zero-order valence-corrected chi connectivity index (χ0v) is 12.4. The lowest BCUT2D eigenvalue weighted by Gasteiger charge is -2.22. The van der Waals surface area contributed by atoms with Crippen LogP contribution in [-0.2, 0) is 0 Å². The van der Waals surface area contributed by atoms with E-state index in [1.165, 1.54) is 17.2 Å². The molecule has 3 rings (SSSR count). The second-order valence-corrected chi connectivity index (χ2v) is 12.0. The standard InChI is InChI=1S/C17H20Si/c1-18(2,3)12-17-15-10-6-4-8-13(15)14-9-5-7-11-16(14)17/h4-11,17H,12H2,1-3H3. The predicted molar refractivity (Wildman–Crippen MR) is 81.9 cm³/mol. The second-order valence-electron chi connectivity index (χ2n) is 6.49. The Morgan fingerprint density at radius 1 is 0.778 bits per heavy atom. The van der Waals surface area contributed by atoms with Gasteiger partial charge in [0.1, 0.15) is 0 Å². The van der Waals surface area contributed by atoms with Crippen LogP contribution >= 0.6 is 0 Å². The Hall–Kier alpha value is -1.34. The van der Waals surface area contributed by atoms with Crippen molar-refractivity contribution in [3.05, 3.63) is 59.7 Å². The predicted octanol–water partition coefficient (Wildman–Crippen LogP) is 5.14. The molecule has 1 heteroatoms. The van der Waals surface area contributed by atoms with Gasteiger partial charge in [-0.3, -0.25) is 0 Å². The molecule has 0 saturated carbocycles. The minimum atomic E-state index is -1.06. The lowest BCUT2D eigenvalue weighted by atomic mass is 9.99. The molecule has 0 aliphatic heterocycles. The largest absolute Gasteiger partial charge is 0.0695 e. The van der Waals surface area contributed by atoms with Gasteiger partial charge in [0.2, 0.25) is 0 Å². The van der Waals surface area contributed by atoms with E-state index >= 15 is 0 Å². The van der Waals surface area contributed by atoms with Crippen LogP contribution in [0.25, 0.3) is 11.1 Å². The van der Waals surface area contributed by atoms with Crippen LogP contribution in [0.4, 0.5) is 0 Å². The molecule has 1 aliphatic carbocycles. The molecule has 0 spiro atoms. The molecule has 0 bridgehead atoms. The van der Waals surface area contributed by atoms with Gasteiger partial charge >= 0.3 is 0 Å². The molecule has 2 aromatic rings. The van der Waals surface area contributed by atoms with Crippen molar-refractivity contribution in [2.24, 2.45) is 0 Å². The van der Waals surface area contributed by atoms with Crippen LogP contribution in [0.15, 0.2) is 48.5 Å². The molecule has 0 aromatic heterocycles. The van der Waals surface area contributed by atoms with Crippen molar-refractivity contribution in [1.29, 1.82) is 0 Å². The fourth-order valence-corrected chi connectivity index (χ4v) is 4.76. The van der Waals surface area contributed by atoms with Gasteiger partial charge < -0.3 is 0 Å². The first kappa shape index (κ1) is 11.7. The average molecular weight is 252 g/mol. The molecule has 1 aliphatic rings. The van der Waals surface area contributed by atoms with Crippen LogP contribution < -0.4 is 0 Å². The maximum Gasteiger partial charge on any atom is 0.0452 e. The summed E-state index contributed by atoms with van der Waals surface area (Å²) in [7, 11) is -1.06. The molecule has 0 unspecified atom stereocenters. The van der Waals surface area contributed by atoms with E-state index in [4.69, 9.17) is 0 Å². The van der Waals surface area contributed by atoms with Crippen LogP contribution in [0, 0.1) is 0 Å². The first-order chi connectivity index (χ1) is 8.56. The van der Waals surface area contributed by atoms with Crippen molar-refractivity contribution >= 4 is 8.07 Å². The molecule has 0 saturated heterocycles. The third-order valence-electron chi connectivity index (χ3n) is 3.78. The monoisotopic (exact) mass is 252 g/mol. The minimum absolute atomic E-state index is 0.629. The topological polar surface area (TPSA) is 0 Å². The lowest BCUT2D eigenvalue weighted by Crippen LogP contribution is -2.22. The minimum Gasteiger partial charge on any atom is -0.0695 e. The normalized spacial score (nSPS) is 14.4. The van der Waals surface area contributed by atoms with Crippen molar-refractivity contribution in [2.45, 2.75) is 31.6 Å². The van der Waals surface area contributed by atoms with E-state index in [2.05, 4.69) is 68.2 Å². The maximum atomic E-state index is 2.47. The Morgan fingerprint density at radius 3 is 1.67 bits per heavy atom. The molecule has 0 nitrogen and oxygen atoms in total. The van der Waals surface area contributed by atoms with Crippen LogP contribution in [0.3, 0.4) is 0 Å². The van der Waals surface area contributed by atoms with E-state index < -0.39 is 8.07 Å². The molecular formula is C17H20Si. The number of hydrogen-bond acceptors (Lipinski definition) is 0. The summed E-state index contributed by atoms with van der Waals surface area (Å²) in [6.45, 7) is 7.41. The van der Waals surface area contributed by atoms with Crippen LogP contribution in [0.1, 0.15) is 17.0 Å². The van der Waals surface area contributed by atoms with Gasteiger partial charge in [0.15, 0.2) is 0 Å². The van der Waals surface area contributed by atoms with E-state index in [9.17, 15) is 0 Å². The molecule has 2 aromatic carbocycles. The van der Waals surface area contributed by atoms with Crippen LogP contribution in [0.2, 0.25) is 25.7 Å². The third kappa shape index (κ3) is 1.93. The highest BCUT2D eigenvalue weighted by Crippen LogP contribution is 2.47. The summed E-state index contributed by atoms with van der Waals surface area (Å²) in [5.74, 6) is 0.629. The molecule has 0 fully saturated rings. The molecule has 0 atom stereocenters. The Balaban J connectivity index is 2.15. The smallest absolute Gasteiger partial charge is 0.0452 e. The number of rotatable bonds is 2. The number of fused-ring (bicyclic) bond motifs is 3. The third-order valence-corrected chi connectivity index (χ3v) is 5.41. The zero-order valence-electron chi connectivity index (χ0n) is 11.4. The van der Waals surface area contributed by atoms with Gasteiger partial charge in [0.25, 0.3) is 0 Å². The van der Waals surface area contributed by atoms with Gasteiger partial charge in [-0.25, -0.2) is 0 Å². The molecule has 92 valence electrons. The van der Waals surface area contributed by atoms with Gasteiger partial charge in [-0.2, -0.15) is 0 Å². The number of hydrogen-bond donors (Lipinski definition) is 0. The van der Waals surface area contributed by atoms with Crippen LogP contribution in [-0.4, -0.2) is 8.07 Å². The van der Waals surface area contributed by atoms with Gasteiger partial charge in [-0.05, 0) is 28.3 Å². The Kier molecular flexibility index (Phi) is 2.67. The summed E-state index contributed by atoms with van der Waals surface area (Å²) in [6.07, 6.45) is 0. The quantitative estimate of drug-likeness (QED) is 0.649. The fourth-order valence-electron chi connectivity index (χ4n) is 3.09. The molecular weight excluding hydrogens is 232 g/mol. The average Bonchev–Trinajstić information content (AvgIpc) is 2.64. The summed E-state index contributed by atoms with van der Waals surface area (Å²) < 4.78 is 0. The fraction of sp³-hybridized carbons (Fsp3) is 0.294. The molecule has 18 heavy (non-hydrogen) atoms. The van der Waals surface area contributed by atoms with Gasteiger partial charge in [0, 0.05) is 14.0 Å². The summed E-state index contributed by atoms with van der Waals surface area (Å²) >= 11 is 0. The van der Waals surface area contributed by atoms with Gasteiger partial charge in [0.05, 0.1) is 0 Å². The molecule has 0 heterocycles. The van der Waals surface area contributed by atoms with E-state index in [-0.39, 0.29) is 0 Å². The Bertz CT molecular complexity index is 533. The van der Waals surface area contributed by atoms with Crippen molar-refractivity contribution in [3.63, 3.8) is 0 Å². The second kappa shape index (κ2) is 4.10. The summed E-state index contributed by atoms with van der Waals surface area (Å²) in [5, 5.41) is 0. The first-order valence-electron chi connectivity index (χ1n) is 6.74. The highest BCUT2D eigenvalue weighted by atomic mass is 28.3. The zero-order chi connectivity index (χ0) is 12.8. The van der Waals surface area contributed by atoms with Crippen molar-refractivity contribution < 1.29 is 0 Å². The molecule has 0 N–H and O–H groups in total. The highest BCUT2D eigenvalue weighted by molar-refractivity contribution is 6.76. The van der Waals surface area contributed by atoms with Crippen LogP contribution in [0.5, 0.6) is 0 Å². The Labute approximate surface area is 111 Å². The first-order valence-corrected chi connectivity index (χ1v) is 10.5. The maximum absolute atomic E-state index is 2.47. The summed E-state index contributed by atoms with van der Waals surface area (Å²) in [4.78, 5) is 0. The van der Waals surface area contributed by atoms with Crippen molar-refractivity contribution in [3.8, 4) is 11.1 Å². The van der Waals surface area contributed by atoms with E-state index in [0.29, 0.717) is 5.92 Å². The number of benzene rings is 2. The highest BCUT2D eigenvalue weighted by Gasteiger charge is 2.31. The van der Waals surface area contributed by atoms with Gasteiger partial charge in [-0.15, -0.1) is 0 Å². The molecule has 0 radical (unpaired) electrons.